The van der Waals surface area contributed by atoms with E-state index in [1.54, 1.807) is 21.3 Å². The van der Waals surface area contributed by atoms with Gasteiger partial charge in [0, 0.05) is 24.7 Å². The predicted octanol–water partition coefficient (Wildman–Crippen LogP) is 2.53. The minimum Gasteiger partial charge on any atom is -0.493 e. The van der Waals surface area contributed by atoms with E-state index < -0.39 is 0 Å². The molecule has 1 aliphatic rings. The summed E-state index contributed by atoms with van der Waals surface area (Å²) in [6.07, 6.45) is 7.26. The van der Waals surface area contributed by atoms with E-state index in [4.69, 9.17) is 14.2 Å². The van der Waals surface area contributed by atoms with Gasteiger partial charge in [0.05, 0.1) is 21.3 Å². The SMILES string of the molecule is CCNC(=NCCc1ccc(OC)c(OC)c1OC)NC1CC=CC1. The van der Waals surface area contributed by atoms with E-state index in [1.807, 2.05) is 12.1 Å². The van der Waals surface area contributed by atoms with Gasteiger partial charge < -0.3 is 24.8 Å². The average Bonchev–Trinajstić information content (AvgIpc) is 3.14. The second kappa shape index (κ2) is 9.81. The van der Waals surface area contributed by atoms with E-state index in [0.717, 1.165) is 37.3 Å². The van der Waals surface area contributed by atoms with Crippen molar-refractivity contribution in [2.24, 2.45) is 4.99 Å². The number of methoxy groups -OCH3 is 3. The topological polar surface area (TPSA) is 64.1 Å². The Morgan fingerprint density at radius 3 is 2.40 bits per heavy atom. The van der Waals surface area contributed by atoms with Crippen LogP contribution in [0.15, 0.2) is 29.3 Å². The lowest BCUT2D eigenvalue weighted by atomic mass is 10.1. The molecule has 2 rings (SSSR count). The lowest BCUT2D eigenvalue weighted by Crippen LogP contribution is -2.42. The normalized spacial score (nSPS) is 14.5. The number of nitrogens with zero attached hydrogens (tertiary/aromatic N) is 1. The van der Waals surface area contributed by atoms with E-state index >= 15 is 0 Å². The van der Waals surface area contributed by atoms with Crippen LogP contribution in [0.3, 0.4) is 0 Å². The number of ether oxygens (including phenoxy) is 3. The minimum atomic E-state index is 0.438. The average molecular weight is 347 g/mol. The molecule has 0 unspecified atom stereocenters. The standard InChI is InChI=1S/C19H29N3O3/c1-5-20-19(22-15-8-6-7-9-15)21-13-12-14-10-11-16(23-2)18(25-4)17(14)24-3/h6-7,10-11,15H,5,8-9,12-13H2,1-4H3,(H2,20,21,22). The molecule has 1 aromatic carbocycles. The number of guanidine groups is 1. The van der Waals surface area contributed by atoms with Gasteiger partial charge in [-0.25, -0.2) is 0 Å². The first-order valence-corrected chi connectivity index (χ1v) is 8.71. The summed E-state index contributed by atoms with van der Waals surface area (Å²) in [5, 5.41) is 6.77. The lowest BCUT2D eigenvalue weighted by molar-refractivity contribution is 0.322. The molecule has 0 fully saturated rings. The Bertz CT molecular complexity index is 606. The summed E-state index contributed by atoms with van der Waals surface area (Å²) in [7, 11) is 4.88. The second-order valence-electron chi connectivity index (χ2n) is 5.79. The Labute approximate surface area is 150 Å². The maximum absolute atomic E-state index is 5.53. The van der Waals surface area contributed by atoms with Crippen LogP contribution in [0.2, 0.25) is 0 Å². The first-order valence-electron chi connectivity index (χ1n) is 8.71. The Morgan fingerprint density at radius 2 is 1.80 bits per heavy atom. The van der Waals surface area contributed by atoms with Gasteiger partial charge in [0.1, 0.15) is 0 Å². The molecule has 6 nitrogen and oxygen atoms in total. The summed E-state index contributed by atoms with van der Waals surface area (Å²) in [5.74, 6) is 2.84. The van der Waals surface area contributed by atoms with Crippen LogP contribution in [0, 0.1) is 0 Å². The maximum atomic E-state index is 5.53. The van der Waals surface area contributed by atoms with Crippen molar-refractivity contribution in [2.45, 2.75) is 32.2 Å². The molecule has 0 heterocycles. The molecule has 0 saturated heterocycles. The predicted molar refractivity (Wildman–Crippen MR) is 101 cm³/mol. The van der Waals surface area contributed by atoms with Crippen LogP contribution in [-0.2, 0) is 6.42 Å². The monoisotopic (exact) mass is 347 g/mol. The molecule has 138 valence electrons. The van der Waals surface area contributed by atoms with Crippen LogP contribution >= 0.6 is 0 Å². The van der Waals surface area contributed by atoms with Crippen LogP contribution in [0.5, 0.6) is 17.2 Å². The lowest BCUT2D eigenvalue weighted by Gasteiger charge is -2.17. The van der Waals surface area contributed by atoms with Crippen LogP contribution in [0.1, 0.15) is 25.3 Å². The molecule has 0 bridgehead atoms. The smallest absolute Gasteiger partial charge is 0.203 e. The molecule has 0 atom stereocenters. The van der Waals surface area contributed by atoms with Crippen molar-refractivity contribution in [2.75, 3.05) is 34.4 Å². The highest BCUT2D eigenvalue weighted by Gasteiger charge is 2.16. The van der Waals surface area contributed by atoms with Gasteiger partial charge in [-0.2, -0.15) is 0 Å². The zero-order chi connectivity index (χ0) is 18.1. The van der Waals surface area contributed by atoms with Crippen LogP contribution in [0.25, 0.3) is 0 Å². The van der Waals surface area contributed by atoms with Gasteiger partial charge in [0.2, 0.25) is 5.75 Å². The van der Waals surface area contributed by atoms with E-state index in [2.05, 4.69) is 34.7 Å². The number of rotatable bonds is 8. The number of hydrogen-bond acceptors (Lipinski definition) is 4. The third-order valence-corrected chi connectivity index (χ3v) is 4.13. The summed E-state index contributed by atoms with van der Waals surface area (Å²) in [6, 6.07) is 4.33. The van der Waals surface area contributed by atoms with Gasteiger partial charge in [-0.3, -0.25) is 4.99 Å². The van der Waals surface area contributed by atoms with E-state index in [9.17, 15) is 0 Å². The van der Waals surface area contributed by atoms with Crippen molar-refractivity contribution in [3.63, 3.8) is 0 Å². The number of benzene rings is 1. The number of nitrogens with one attached hydrogen (secondary N) is 2. The van der Waals surface area contributed by atoms with Gasteiger partial charge in [0.15, 0.2) is 17.5 Å². The minimum absolute atomic E-state index is 0.438. The van der Waals surface area contributed by atoms with Crippen molar-refractivity contribution < 1.29 is 14.2 Å². The first kappa shape index (κ1) is 19.0. The highest BCUT2D eigenvalue weighted by atomic mass is 16.5. The van der Waals surface area contributed by atoms with Gasteiger partial charge >= 0.3 is 0 Å². The van der Waals surface area contributed by atoms with Gasteiger partial charge in [0.25, 0.3) is 0 Å². The summed E-state index contributed by atoms with van der Waals surface area (Å²) in [5.41, 5.74) is 1.04. The van der Waals surface area contributed by atoms with E-state index in [1.165, 1.54) is 0 Å². The quantitative estimate of drug-likeness (QED) is 0.430. The Hall–Kier alpha value is -2.37. The molecule has 2 N–H and O–H groups in total. The molecule has 0 aromatic heterocycles. The summed E-state index contributed by atoms with van der Waals surface area (Å²) in [4.78, 5) is 4.68. The first-order chi connectivity index (χ1) is 12.2. The largest absolute Gasteiger partial charge is 0.493 e. The number of hydrogen-bond donors (Lipinski definition) is 2. The van der Waals surface area contributed by atoms with Crippen LogP contribution < -0.4 is 24.8 Å². The maximum Gasteiger partial charge on any atom is 0.203 e. The molecule has 6 heteroatoms. The number of aliphatic imine (C=N–C) groups is 1. The molecule has 1 aromatic rings. The molecule has 1 aliphatic carbocycles. The zero-order valence-electron chi connectivity index (χ0n) is 15.6. The molecule has 0 spiro atoms. The van der Waals surface area contributed by atoms with Gasteiger partial charge in [-0.05, 0) is 32.3 Å². The van der Waals surface area contributed by atoms with Crippen molar-refractivity contribution in [1.29, 1.82) is 0 Å². The third-order valence-electron chi connectivity index (χ3n) is 4.13. The fraction of sp³-hybridized carbons (Fsp3) is 0.526. The molecule has 0 amide bonds. The zero-order valence-corrected chi connectivity index (χ0v) is 15.6. The second-order valence-corrected chi connectivity index (χ2v) is 5.79. The van der Waals surface area contributed by atoms with Crippen LogP contribution in [-0.4, -0.2) is 46.4 Å². The van der Waals surface area contributed by atoms with Gasteiger partial charge in [-0.1, -0.05) is 18.2 Å². The van der Waals surface area contributed by atoms with Crippen LogP contribution in [0.4, 0.5) is 0 Å². The molecule has 25 heavy (non-hydrogen) atoms. The summed E-state index contributed by atoms with van der Waals surface area (Å²) < 4.78 is 16.3. The molecule has 0 saturated carbocycles. The Kier molecular flexibility index (Phi) is 7.44. The fourth-order valence-electron chi connectivity index (χ4n) is 2.90. The molecular weight excluding hydrogens is 318 g/mol. The molecule has 0 radical (unpaired) electrons. The Morgan fingerprint density at radius 1 is 1.08 bits per heavy atom. The molecule has 0 aliphatic heterocycles. The summed E-state index contributed by atoms with van der Waals surface area (Å²) in [6.45, 7) is 3.56. The van der Waals surface area contributed by atoms with E-state index in [-0.39, 0.29) is 0 Å². The third kappa shape index (κ3) is 5.05. The highest BCUT2D eigenvalue weighted by molar-refractivity contribution is 5.80. The van der Waals surface area contributed by atoms with Crippen molar-refractivity contribution in [3.8, 4) is 17.2 Å². The molecular formula is C19H29N3O3. The fourth-order valence-corrected chi connectivity index (χ4v) is 2.90. The summed E-state index contributed by atoms with van der Waals surface area (Å²) >= 11 is 0. The van der Waals surface area contributed by atoms with E-state index in [0.29, 0.717) is 29.8 Å². The van der Waals surface area contributed by atoms with Crippen molar-refractivity contribution >= 4 is 5.96 Å². The van der Waals surface area contributed by atoms with Crippen molar-refractivity contribution in [1.82, 2.24) is 10.6 Å². The highest BCUT2D eigenvalue weighted by Crippen LogP contribution is 2.39. The Balaban J connectivity index is 2.05. The van der Waals surface area contributed by atoms with Crippen molar-refractivity contribution in [3.05, 3.63) is 29.8 Å². The van der Waals surface area contributed by atoms with Gasteiger partial charge in [-0.15, -0.1) is 0 Å².